The molecule has 0 spiro atoms. The topological polar surface area (TPSA) is 129 Å². The van der Waals surface area contributed by atoms with E-state index in [-0.39, 0.29) is 11.7 Å². The van der Waals surface area contributed by atoms with Crippen molar-refractivity contribution in [3.8, 4) is 11.8 Å². The Morgan fingerprint density at radius 2 is 2.17 bits per heavy atom. The van der Waals surface area contributed by atoms with E-state index in [0.29, 0.717) is 35.8 Å². The lowest BCUT2D eigenvalue weighted by Gasteiger charge is -2.23. The smallest absolute Gasteiger partial charge is 0.209 e. The molecule has 1 aliphatic heterocycles. The summed E-state index contributed by atoms with van der Waals surface area (Å²) in [5.41, 5.74) is 1.04. The van der Waals surface area contributed by atoms with Gasteiger partial charge in [0.15, 0.2) is 24.0 Å². The molecule has 5 rings (SSSR count). The average molecular weight is 408 g/mol. The highest BCUT2D eigenvalue weighted by Crippen LogP contribution is 2.68. The molecule has 2 saturated carbocycles. The van der Waals surface area contributed by atoms with E-state index in [1.54, 1.807) is 28.8 Å². The number of nitrogens with zero attached hydrogens (tertiary/aromatic N) is 6. The number of rotatable bonds is 3. The normalized spacial score (nSPS) is 31.6. The quantitative estimate of drug-likeness (QED) is 0.485. The second-order valence-corrected chi connectivity index (χ2v) is 8.14. The summed E-state index contributed by atoms with van der Waals surface area (Å²) in [6.07, 6.45) is 1.67. The number of fused-ring (bicyclic) bond motifs is 2. The number of anilines is 1. The zero-order valence-corrected chi connectivity index (χ0v) is 16.9. The Morgan fingerprint density at radius 1 is 1.37 bits per heavy atom. The minimum atomic E-state index is -1.10. The van der Waals surface area contributed by atoms with Gasteiger partial charge in [-0.2, -0.15) is 0 Å². The van der Waals surface area contributed by atoms with Crippen molar-refractivity contribution in [3.63, 3.8) is 0 Å². The molecule has 2 fully saturated rings. The molecule has 2 aromatic heterocycles. The molecule has 0 aromatic carbocycles. The Labute approximate surface area is 172 Å². The van der Waals surface area contributed by atoms with Crippen LogP contribution in [0.25, 0.3) is 11.2 Å². The highest BCUT2D eigenvalue weighted by Gasteiger charge is 2.74. The van der Waals surface area contributed by atoms with Crippen LogP contribution in [-0.4, -0.2) is 73.1 Å². The number of aromatic nitrogens is 4. The lowest BCUT2D eigenvalue weighted by Crippen LogP contribution is -2.36. The number of carbonyl (C=O) groups excluding carboxylic acids is 1. The molecule has 0 radical (unpaired) electrons. The molecule has 2 unspecified atom stereocenters. The molecule has 10 heteroatoms. The number of likely N-dealkylation sites (N-methyl/N-ethyl adjacent to an activating group) is 1. The molecule has 30 heavy (non-hydrogen) atoms. The Bertz CT molecular complexity index is 1200. The van der Waals surface area contributed by atoms with Gasteiger partial charge in [-0.1, -0.05) is 5.92 Å². The van der Waals surface area contributed by atoms with Crippen molar-refractivity contribution >= 4 is 22.8 Å². The highest BCUT2D eigenvalue weighted by molar-refractivity contribution is 5.88. The van der Waals surface area contributed by atoms with Gasteiger partial charge in [-0.05, 0) is 30.3 Å². The number of carbonyl (C=O) groups is 1. The number of aliphatic hydroxyl groups is 2. The fourth-order valence-electron chi connectivity index (χ4n) is 4.84. The van der Waals surface area contributed by atoms with Crippen LogP contribution in [0.3, 0.4) is 0 Å². The van der Waals surface area contributed by atoms with E-state index in [4.69, 9.17) is 0 Å². The van der Waals surface area contributed by atoms with Gasteiger partial charge in [0.25, 0.3) is 0 Å². The predicted octanol–water partition coefficient (Wildman–Crippen LogP) is 0.0833. The summed E-state index contributed by atoms with van der Waals surface area (Å²) in [4.78, 5) is 25.6. The van der Waals surface area contributed by atoms with Gasteiger partial charge < -0.3 is 20.1 Å². The summed E-state index contributed by atoms with van der Waals surface area (Å²) in [5.74, 6) is 6.60. The Hall–Kier alpha value is -3.16. The van der Waals surface area contributed by atoms with E-state index in [1.165, 1.54) is 6.92 Å². The third-order valence-electron chi connectivity index (χ3n) is 6.45. The van der Waals surface area contributed by atoms with Crippen LogP contribution in [0.4, 0.5) is 5.82 Å². The predicted molar refractivity (Wildman–Crippen MR) is 106 cm³/mol. The van der Waals surface area contributed by atoms with E-state index < -0.39 is 23.7 Å². The summed E-state index contributed by atoms with van der Waals surface area (Å²) < 4.78 is 3.53. The Kier molecular flexibility index (Phi) is 4.03. The van der Waals surface area contributed by atoms with Gasteiger partial charge in [0.05, 0.1) is 29.5 Å². The molecule has 5 atom stereocenters. The number of hydrogen-bond acceptors (Lipinski definition) is 8. The van der Waals surface area contributed by atoms with Crippen LogP contribution < -0.4 is 5.32 Å². The first-order valence-corrected chi connectivity index (χ1v) is 9.79. The number of aliphatic hydroxyl groups excluding tert-OH is 2. The first kappa shape index (κ1) is 18.8. The van der Waals surface area contributed by atoms with E-state index in [0.717, 1.165) is 5.57 Å². The zero-order valence-electron chi connectivity index (χ0n) is 16.9. The van der Waals surface area contributed by atoms with Gasteiger partial charge in [-0.3, -0.25) is 4.79 Å². The second kappa shape index (κ2) is 6.42. The second-order valence-electron chi connectivity index (χ2n) is 8.14. The van der Waals surface area contributed by atoms with Crippen molar-refractivity contribution in [1.82, 2.24) is 19.5 Å². The summed E-state index contributed by atoms with van der Waals surface area (Å²) in [6.45, 7) is 2.10. The fraction of sp³-hybridized carbons (Fsp3) is 0.500. The minimum Gasteiger partial charge on any atom is -0.389 e. The van der Waals surface area contributed by atoms with Gasteiger partial charge in [0, 0.05) is 7.05 Å². The molecule has 0 saturated heterocycles. The number of hydrogen-bond donors (Lipinski definition) is 3. The molecular formula is C20H22N7O3+. The minimum absolute atomic E-state index is 0.0942. The monoisotopic (exact) mass is 408 g/mol. The molecule has 154 valence electrons. The standard InChI is InChI=1S/C20H22N7O3/c1-10(28)20-6-12(20)15(16(29)17(20)30)27-9-22-14-18(21-2)24-13(25-19(14)27)5-4-11-7-23-26(3)8-11/h7,9,12,15-17,29-30H,6,8H2,1-3H3,(H,21,24,25)/q+1/t12?,15-,16+,17?,20+/m1/s1. The van der Waals surface area contributed by atoms with Crippen LogP contribution in [0.2, 0.25) is 0 Å². The van der Waals surface area contributed by atoms with Crippen LogP contribution >= 0.6 is 0 Å². The van der Waals surface area contributed by atoms with E-state index in [9.17, 15) is 15.0 Å². The number of ketones is 1. The van der Waals surface area contributed by atoms with Gasteiger partial charge in [0.1, 0.15) is 18.1 Å². The van der Waals surface area contributed by atoms with Gasteiger partial charge in [-0.25, -0.2) is 15.0 Å². The van der Waals surface area contributed by atoms with E-state index in [2.05, 4.69) is 37.2 Å². The van der Waals surface area contributed by atoms with Crippen molar-refractivity contribution < 1.29 is 19.7 Å². The SMILES string of the molecule is CNc1nc(C#CC2=CN=[N+](C)C2)nc2c1ncn2[C@@H]1C2C[C@@]2(C(C)=O)C(O)[C@H]1O. The number of imidazole rings is 1. The molecule has 0 amide bonds. The maximum atomic E-state index is 12.2. The van der Waals surface area contributed by atoms with Crippen molar-refractivity contribution in [2.75, 3.05) is 26.0 Å². The van der Waals surface area contributed by atoms with Crippen LogP contribution in [0.15, 0.2) is 23.2 Å². The number of azo groups is 2. The first-order valence-electron chi connectivity index (χ1n) is 9.79. The van der Waals surface area contributed by atoms with Crippen LogP contribution in [0, 0.1) is 23.2 Å². The fourth-order valence-corrected chi connectivity index (χ4v) is 4.84. The maximum absolute atomic E-state index is 12.2. The number of nitrogens with one attached hydrogen (secondary N) is 1. The maximum Gasteiger partial charge on any atom is 0.209 e. The number of Topliss-reactive ketones (excluding diaryl/α,β-unsaturated/α-hetero) is 1. The largest absolute Gasteiger partial charge is 0.389 e. The molecule has 3 heterocycles. The third kappa shape index (κ3) is 2.52. The van der Waals surface area contributed by atoms with Gasteiger partial charge in [0.2, 0.25) is 12.4 Å². The molecule has 3 aliphatic rings. The van der Waals surface area contributed by atoms with Gasteiger partial charge in [-0.15, -0.1) is 4.70 Å². The van der Waals surface area contributed by atoms with E-state index in [1.807, 2.05) is 7.05 Å². The lowest BCUT2D eigenvalue weighted by atomic mass is 9.95. The van der Waals surface area contributed by atoms with Crippen LogP contribution in [-0.2, 0) is 4.79 Å². The molecule has 10 nitrogen and oxygen atoms in total. The molecular weight excluding hydrogens is 386 g/mol. The summed E-state index contributed by atoms with van der Waals surface area (Å²) in [7, 11) is 3.60. The average Bonchev–Trinajstić information content (AvgIpc) is 2.98. The summed E-state index contributed by atoms with van der Waals surface area (Å²) >= 11 is 0. The zero-order chi connectivity index (χ0) is 21.2. The van der Waals surface area contributed by atoms with Crippen LogP contribution in [0.5, 0.6) is 0 Å². The first-order chi connectivity index (χ1) is 14.4. The molecule has 3 N–H and O–H groups in total. The van der Waals surface area contributed by atoms with Crippen molar-refractivity contribution in [3.05, 3.63) is 23.9 Å². The molecule has 2 aromatic rings. The van der Waals surface area contributed by atoms with Crippen molar-refractivity contribution in [2.24, 2.45) is 16.4 Å². The Morgan fingerprint density at radius 3 is 2.80 bits per heavy atom. The van der Waals surface area contributed by atoms with Gasteiger partial charge >= 0.3 is 0 Å². The highest BCUT2D eigenvalue weighted by atomic mass is 16.3. The Balaban J connectivity index is 1.56. The van der Waals surface area contributed by atoms with Crippen molar-refractivity contribution in [1.29, 1.82) is 0 Å². The lowest BCUT2D eigenvalue weighted by molar-refractivity contribution is -0.548. The summed E-state index contributed by atoms with van der Waals surface area (Å²) in [6, 6.07) is -0.487. The van der Waals surface area contributed by atoms with Crippen molar-refractivity contribution in [2.45, 2.75) is 31.6 Å². The molecule has 2 aliphatic carbocycles. The van der Waals surface area contributed by atoms with Crippen LogP contribution in [0.1, 0.15) is 25.2 Å². The van der Waals surface area contributed by atoms with E-state index >= 15 is 0 Å². The molecule has 0 bridgehead atoms. The third-order valence-corrected chi connectivity index (χ3v) is 6.45. The summed E-state index contributed by atoms with van der Waals surface area (Å²) in [5, 5.41) is 28.4.